The number of phenolic OH excluding ortho intramolecular Hbond substituents is 1. The van der Waals surface area contributed by atoms with Crippen molar-refractivity contribution in [1.82, 2.24) is 9.80 Å². The lowest BCUT2D eigenvalue weighted by Gasteiger charge is -2.22. The van der Waals surface area contributed by atoms with Crippen LogP contribution in [0, 0.1) is 11.6 Å². The van der Waals surface area contributed by atoms with Crippen LogP contribution in [0.1, 0.15) is 32.7 Å². The van der Waals surface area contributed by atoms with Crippen molar-refractivity contribution in [3.05, 3.63) is 89.0 Å². The van der Waals surface area contributed by atoms with Gasteiger partial charge in [0.2, 0.25) is 0 Å². The molecule has 36 heavy (non-hydrogen) atoms. The summed E-state index contributed by atoms with van der Waals surface area (Å²) in [7, 11) is 1.63. The maximum Gasteiger partial charge on any atom is 0.257 e. The Morgan fingerprint density at radius 1 is 0.944 bits per heavy atom. The lowest BCUT2D eigenvalue weighted by atomic mass is 10.1. The zero-order valence-electron chi connectivity index (χ0n) is 19.8. The van der Waals surface area contributed by atoms with E-state index in [1.165, 1.54) is 18.2 Å². The third-order valence-corrected chi connectivity index (χ3v) is 6.05. The predicted molar refractivity (Wildman–Crippen MR) is 131 cm³/mol. The number of phenols is 1. The lowest BCUT2D eigenvalue weighted by Crippen LogP contribution is -2.35. The molecule has 0 spiro atoms. The van der Waals surface area contributed by atoms with Gasteiger partial charge in [0.15, 0.2) is 0 Å². The minimum atomic E-state index is -0.871. The van der Waals surface area contributed by atoms with Crippen LogP contribution in [0.25, 0.3) is 0 Å². The normalized spacial score (nSPS) is 14.2. The number of amides is 2. The van der Waals surface area contributed by atoms with Gasteiger partial charge in [0.25, 0.3) is 11.8 Å². The van der Waals surface area contributed by atoms with Crippen molar-refractivity contribution in [3.63, 3.8) is 0 Å². The number of methoxy groups -OCH3 is 1. The summed E-state index contributed by atoms with van der Waals surface area (Å²) in [4.78, 5) is 29.4. The van der Waals surface area contributed by atoms with Gasteiger partial charge in [-0.2, -0.15) is 0 Å². The maximum atomic E-state index is 13.4. The van der Waals surface area contributed by atoms with E-state index >= 15 is 0 Å². The second-order valence-corrected chi connectivity index (χ2v) is 8.61. The molecule has 0 aromatic heterocycles. The number of carbonyl (C=O) groups excluding carboxylic acids is 2. The van der Waals surface area contributed by atoms with Crippen molar-refractivity contribution >= 4 is 17.5 Å². The Morgan fingerprint density at radius 3 is 2.33 bits per heavy atom. The number of rotatable bonds is 6. The second-order valence-electron chi connectivity index (χ2n) is 8.61. The molecular weight excluding hydrogens is 468 g/mol. The van der Waals surface area contributed by atoms with Gasteiger partial charge in [-0.3, -0.25) is 14.5 Å². The average molecular weight is 496 g/mol. The van der Waals surface area contributed by atoms with Gasteiger partial charge in [0, 0.05) is 56.1 Å². The first-order chi connectivity index (χ1) is 17.3. The molecule has 1 saturated heterocycles. The summed E-state index contributed by atoms with van der Waals surface area (Å²) in [6.45, 7) is 3.37. The molecule has 2 amide bonds. The first kappa shape index (κ1) is 25.1. The van der Waals surface area contributed by atoms with Crippen LogP contribution >= 0.6 is 0 Å². The highest BCUT2D eigenvalue weighted by Gasteiger charge is 2.23. The number of aromatic hydroxyl groups is 1. The fourth-order valence-corrected chi connectivity index (χ4v) is 4.17. The van der Waals surface area contributed by atoms with Gasteiger partial charge in [-0.25, -0.2) is 8.78 Å². The number of hydrogen-bond donors (Lipinski definition) is 2. The fraction of sp³-hybridized carbons (Fsp3) is 0.259. The van der Waals surface area contributed by atoms with Gasteiger partial charge >= 0.3 is 0 Å². The molecule has 9 heteroatoms. The van der Waals surface area contributed by atoms with Crippen molar-refractivity contribution in [1.29, 1.82) is 0 Å². The average Bonchev–Trinajstić information content (AvgIpc) is 3.09. The molecule has 1 aliphatic rings. The molecule has 188 valence electrons. The number of hydrogen-bond acceptors (Lipinski definition) is 5. The third-order valence-electron chi connectivity index (χ3n) is 6.05. The Labute approximate surface area is 207 Å². The van der Waals surface area contributed by atoms with E-state index in [1.807, 2.05) is 24.3 Å². The Kier molecular flexibility index (Phi) is 7.80. The van der Waals surface area contributed by atoms with Crippen LogP contribution < -0.4 is 10.1 Å². The van der Waals surface area contributed by atoms with Crippen LogP contribution in [0.3, 0.4) is 0 Å². The third kappa shape index (κ3) is 6.17. The first-order valence-corrected chi connectivity index (χ1v) is 11.6. The van der Waals surface area contributed by atoms with Gasteiger partial charge < -0.3 is 20.1 Å². The topological polar surface area (TPSA) is 82.1 Å². The molecule has 7 nitrogen and oxygen atoms in total. The van der Waals surface area contributed by atoms with Gasteiger partial charge in [-0.1, -0.05) is 12.1 Å². The zero-order chi connectivity index (χ0) is 25.7. The molecule has 0 saturated carbocycles. The van der Waals surface area contributed by atoms with E-state index in [1.54, 1.807) is 12.0 Å². The molecule has 2 N–H and O–H groups in total. The number of benzene rings is 3. The summed E-state index contributed by atoms with van der Waals surface area (Å²) in [5, 5.41) is 13.0. The van der Waals surface area contributed by atoms with E-state index in [9.17, 15) is 23.5 Å². The molecule has 1 aliphatic heterocycles. The number of halogens is 2. The van der Waals surface area contributed by atoms with Crippen molar-refractivity contribution in [2.24, 2.45) is 0 Å². The van der Waals surface area contributed by atoms with Crippen LogP contribution in [-0.2, 0) is 6.54 Å². The Balaban J connectivity index is 1.37. The van der Waals surface area contributed by atoms with Gasteiger partial charge in [-0.05, 0) is 48.4 Å². The summed E-state index contributed by atoms with van der Waals surface area (Å²) in [5.74, 6) is -2.27. The molecule has 0 radical (unpaired) electrons. The van der Waals surface area contributed by atoms with Crippen LogP contribution in [0.2, 0.25) is 0 Å². The van der Waals surface area contributed by atoms with Gasteiger partial charge in [0.1, 0.15) is 23.1 Å². The Hall–Kier alpha value is -3.98. The zero-order valence-corrected chi connectivity index (χ0v) is 19.8. The van der Waals surface area contributed by atoms with E-state index in [0.29, 0.717) is 25.7 Å². The largest absolute Gasteiger partial charge is 0.507 e. The standard InChI is InChI=1S/C27H27F2N3O4/c1-36-23-6-3-18(4-7-23)17-31-9-2-10-32(12-11-31)27(35)24-8-5-22(16-25(24)33)30-26(34)19-13-20(28)15-21(29)14-19/h3-8,13-16,33H,2,9-12,17H2,1H3,(H,30,34). The smallest absolute Gasteiger partial charge is 0.257 e. The van der Waals surface area contributed by atoms with Crippen LogP contribution in [0.4, 0.5) is 14.5 Å². The minimum Gasteiger partial charge on any atom is -0.507 e. The Morgan fingerprint density at radius 2 is 1.67 bits per heavy atom. The molecule has 4 rings (SSSR count). The molecule has 0 atom stereocenters. The monoisotopic (exact) mass is 495 g/mol. The van der Waals surface area contributed by atoms with Crippen LogP contribution in [0.5, 0.6) is 11.5 Å². The van der Waals surface area contributed by atoms with E-state index in [4.69, 9.17) is 4.74 Å². The molecule has 1 heterocycles. The number of anilines is 1. The van der Waals surface area contributed by atoms with Crippen molar-refractivity contribution in [2.45, 2.75) is 13.0 Å². The second kappa shape index (κ2) is 11.2. The fourth-order valence-electron chi connectivity index (χ4n) is 4.17. The minimum absolute atomic E-state index is 0.119. The predicted octanol–water partition coefficient (Wildman–Crippen LogP) is 4.28. The van der Waals surface area contributed by atoms with Crippen molar-refractivity contribution < 1.29 is 28.2 Å². The summed E-state index contributed by atoms with van der Waals surface area (Å²) in [6, 6.07) is 14.5. The number of carbonyl (C=O) groups is 2. The highest BCUT2D eigenvalue weighted by molar-refractivity contribution is 6.05. The SMILES string of the molecule is COc1ccc(CN2CCCN(C(=O)c3ccc(NC(=O)c4cc(F)cc(F)c4)cc3O)CC2)cc1. The molecular formula is C27H27F2N3O4. The highest BCUT2D eigenvalue weighted by Crippen LogP contribution is 2.25. The molecule has 3 aromatic carbocycles. The summed E-state index contributed by atoms with van der Waals surface area (Å²) in [6.07, 6.45) is 0.793. The van der Waals surface area contributed by atoms with Crippen molar-refractivity contribution in [2.75, 3.05) is 38.6 Å². The Bertz CT molecular complexity index is 1230. The lowest BCUT2D eigenvalue weighted by molar-refractivity contribution is 0.0758. The molecule has 3 aromatic rings. The highest BCUT2D eigenvalue weighted by atomic mass is 19.1. The number of nitrogens with zero attached hydrogens (tertiary/aromatic N) is 2. The number of nitrogens with one attached hydrogen (secondary N) is 1. The van der Waals surface area contributed by atoms with Crippen LogP contribution in [-0.4, -0.2) is 60.0 Å². The van der Waals surface area contributed by atoms with Crippen LogP contribution in [0.15, 0.2) is 60.7 Å². The van der Waals surface area contributed by atoms with Gasteiger partial charge in [0.05, 0.1) is 12.7 Å². The van der Waals surface area contributed by atoms with Gasteiger partial charge in [-0.15, -0.1) is 0 Å². The molecule has 0 unspecified atom stereocenters. The molecule has 1 fully saturated rings. The van der Waals surface area contributed by atoms with Crippen molar-refractivity contribution in [3.8, 4) is 11.5 Å². The summed E-state index contributed by atoms with van der Waals surface area (Å²) in [5.41, 5.74) is 1.27. The quantitative estimate of drug-likeness (QED) is 0.534. The summed E-state index contributed by atoms with van der Waals surface area (Å²) >= 11 is 0. The summed E-state index contributed by atoms with van der Waals surface area (Å²) < 4.78 is 32.0. The first-order valence-electron chi connectivity index (χ1n) is 11.6. The van der Waals surface area contributed by atoms with E-state index in [0.717, 1.165) is 43.0 Å². The molecule has 0 aliphatic carbocycles. The number of ether oxygens (including phenoxy) is 1. The maximum absolute atomic E-state index is 13.4. The van der Waals surface area contributed by atoms with E-state index in [2.05, 4.69) is 10.2 Å². The van der Waals surface area contributed by atoms with E-state index in [-0.39, 0.29) is 28.5 Å². The molecule has 0 bridgehead atoms. The van der Waals surface area contributed by atoms with E-state index < -0.39 is 17.5 Å².